The lowest BCUT2D eigenvalue weighted by atomic mass is 9.98. The number of carboxylic acids is 1. The Balaban J connectivity index is 2.36. The molecule has 2 N–H and O–H groups in total. The Labute approximate surface area is 117 Å². The number of aliphatic carboxylic acids is 1. The monoisotopic (exact) mass is 284 g/mol. The summed E-state index contributed by atoms with van der Waals surface area (Å²) in [4.78, 5) is 26.4. The molecular formula is C13H20N2O3S. The molecule has 5 nitrogen and oxygen atoms in total. The molecule has 1 aromatic heterocycles. The van der Waals surface area contributed by atoms with E-state index in [0.29, 0.717) is 13.0 Å². The van der Waals surface area contributed by atoms with Crippen molar-refractivity contribution in [3.8, 4) is 0 Å². The van der Waals surface area contributed by atoms with Crippen LogP contribution in [0.4, 0.5) is 0 Å². The van der Waals surface area contributed by atoms with Gasteiger partial charge in [0.2, 0.25) is 5.91 Å². The van der Waals surface area contributed by atoms with Gasteiger partial charge in [0.15, 0.2) is 0 Å². The van der Waals surface area contributed by atoms with E-state index < -0.39 is 5.97 Å². The highest BCUT2D eigenvalue weighted by molar-refractivity contribution is 7.09. The molecular weight excluding hydrogens is 264 g/mol. The number of carboxylic acid groups (broad SMARTS) is 1. The van der Waals surface area contributed by atoms with E-state index in [9.17, 15) is 9.59 Å². The fourth-order valence-corrected chi connectivity index (χ4v) is 2.33. The van der Waals surface area contributed by atoms with Crippen LogP contribution in [0, 0.1) is 0 Å². The zero-order valence-electron chi connectivity index (χ0n) is 11.5. The molecule has 1 rings (SSSR count). The van der Waals surface area contributed by atoms with Gasteiger partial charge in [0.25, 0.3) is 0 Å². The third kappa shape index (κ3) is 5.83. The van der Waals surface area contributed by atoms with Crippen molar-refractivity contribution in [2.45, 2.75) is 45.4 Å². The molecule has 0 atom stereocenters. The largest absolute Gasteiger partial charge is 0.481 e. The summed E-state index contributed by atoms with van der Waals surface area (Å²) in [6.07, 6.45) is 0.774. The van der Waals surface area contributed by atoms with Gasteiger partial charge in [0.05, 0.1) is 17.1 Å². The number of thiazole rings is 1. The minimum atomic E-state index is -0.844. The Bertz CT molecular complexity index is 449. The van der Waals surface area contributed by atoms with E-state index in [-0.39, 0.29) is 24.2 Å². The molecule has 1 heterocycles. The molecule has 0 fully saturated rings. The molecule has 106 valence electrons. The average Bonchev–Trinajstić information content (AvgIpc) is 2.72. The highest BCUT2D eigenvalue weighted by atomic mass is 32.1. The quantitative estimate of drug-likeness (QED) is 0.783. The first-order chi connectivity index (χ1) is 8.79. The Morgan fingerprint density at radius 3 is 2.63 bits per heavy atom. The van der Waals surface area contributed by atoms with Crippen LogP contribution >= 0.6 is 11.3 Å². The number of aromatic nitrogens is 1. The standard InChI is InChI=1S/C13H20N2O3S/c1-13(2,3)12-15-9(8-19-12)7-10(16)14-6-4-5-11(17)18/h8H,4-7H2,1-3H3,(H,14,16)(H,17,18). The maximum absolute atomic E-state index is 11.6. The molecule has 0 aliphatic rings. The minimum Gasteiger partial charge on any atom is -0.481 e. The molecule has 0 bridgehead atoms. The second-order valence-electron chi connectivity index (χ2n) is 5.42. The summed E-state index contributed by atoms with van der Waals surface area (Å²) in [5, 5.41) is 14.1. The van der Waals surface area contributed by atoms with E-state index in [2.05, 4.69) is 31.1 Å². The van der Waals surface area contributed by atoms with E-state index in [4.69, 9.17) is 5.11 Å². The maximum atomic E-state index is 11.6. The van der Waals surface area contributed by atoms with Crippen molar-refractivity contribution in [2.75, 3.05) is 6.54 Å². The van der Waals surface area contributed by atoms with Gasteiger partial charge in [0.1, 0.15) is 0 Å². The Kier molecular flexibility index (Phi) is 5.47. The van der Waals surface area contributed by atoms with Gasteiger partial charge in [-0.05, 0) is 6.42 Å². The van der Waals surface area contributed by atoms with Gasteiger partial charge in [-0.3, -0.25) is 9.59 Å². The first kappa shape index (κ1) is 15.6. The molecule has 0 spiro atoms. The summed E-state index contributed by atoms with van der Waals surface area (Å²) in [6.45, 7) is 6.64. The summed E-state index contributed by atoms with van der Waals surface area (Å²) in [7, 11) is 0. The third-order valence-corrected chi connectivity index (χ3v) is 3.74. The van der Waals surface area contributed by atoms with Crippen molar-refractivity contribution in [1.82, 2.24) is 10.3 Å². The van der Waals surface area contributed by atoms with E-state index in [1.165, 1.54) is 0 Å². The van der Waals surface area contributed by atoms with Crippen LogP contribution in [0.5, 0.6) is 0 Å². The number of nitrogens with zero attached hydrogens (tertiary/aromatic N) is 1. The summed E-state index contributed by atoms with van der Waals surface area (Å²) in [5.41, 5.74) is 0.770. The first-order valence-electron chi connectivity index (χ1n) is 6.22. The summed E-state index contributed by atoms with van der Waals surface area (Å²) < 4.78 is 0. The van der Waals surface area contributed by atoms with E-state index >= 15 is 0 Å². The summed E-state index contributed by atoms with van der Waals surface area (Å²) >= 11 is 1.56. The van der Waals surface area contributed by atoms with Gasteiger partial charge < -0.3 is 10.4 Å². The highest BCUT2D eigenvalue weighted by Crippen LogP contribution is 2.25. The van der Waals surface area contributed by atoms with Gasteiger partial charge in [-0.1, -0.05) is 20.8 Å². The lowest BCUT2D eigenvalue weighted by Gasteiger charge is -2.13. The van der Waals surface area contributed by atoms with Crippen LogP contribution < -0.4 is 5.32 Å². The zero-order chi connectivity index (χ0) is 14.5. The SMILES string of the molecule is CC(C)(C)c1nc(CC(=O)NCCCC(=O)O)cs1. The second-order valence-corrected chi connectivity index (χ2v) is 6.28. The van der Waals surface area contributed by atoms with Crippen molar-refractivity contribution < 1.29 is 14.7 Å². The molecule has 19 heavy (non-hydrogen) atoms. The van der Waals surface area contributed by atoms with Gasteiger partial charge in [-0.2, -0.15) is 0 Å². The molecule has 0 radical (unpaired) electrons. The normalized spacial score (nSPS) is 11.3. The molecule has 0 saturated carbocycles. The minimum absolute atomic E-state index is 0.000873. The van der Waals surface area contributed by atoms with Crippen LogP contribution in [-0.4, -0.2) is 28.5 Å². The van der Waals surface area contributed by atoms with Crippen LogP contribution in [0.25, 0.3) is 0 Å². The van der Waals surface area contributed by atoms with Crippen LogP contribution in [0.3, 0.4) is 0 Å². The number of carbonyl (C=O) groups is 2. The smallest absolute Gasteiger partial charge is 0.303 e. The first-order valence-corrected chi connectivity index (χ1v) is 7.10. The molecule has 0 aliphatic heterocycles. The van der Waals surface area contributed by atoms with Crippen LogP contribution in [0.2, 0.25) is 0 Å². The zero-order valence-corrected chi connectivity index (χ0v) is 12.3. The fourth-order valence-electron chi connectivity index (χ4n) is 1.43. The van der Waals surface area contributed by atoms with E-state index in [1.54, 1.807) is 11.3 Å². The lowest BCUT2D eigenvalue weighted by Crippen LogP contribution is -2.26. The van der Waals surface area contributed by atoms with Gasteiger partial charge in [-0.15, -0.1) is 11.3 Å². The van der Waals surface area contributed by atoms with E-state index in [1.807, 2.05) is 5.38 Å². The number of nitrogens with one attached hydrogen (secondary N) is 1. The second kappa shape index (κ2) is 6.65. The topological polar surface area (TPSA) is 79.3 Å². The Morgan fingerprint density at radius 2 is 2.11 bits per heavy atom. The van der Waals surface area contributed by atoms with Crippen molar-refractivity contribution >= 4 is 23.2 Å². The van der Waals surface area contributed by atoms with Gasteiger partial charge >= 0.3 is 5.97 Å². The molecule has 0 aromatic carbocycles. The predicted molar refractivity (Wildman–Crippen MR) is 74.4 cm³/mol. The molecule has 6 heteroatoms. The maximum Gasteiger partial charge on any atom is 0.303 e. The fraction of sp³-hybridized carbons (Fsp3) is 0.615. The molecule has 0 unspecified atom stereocenters. The van der Waals surface area contributed by atoms with Crippen molar-refractivity contribution in [3.63, 3.8) is 0 Å². The van der Waals surface area contributed by atoms with Crippen LogP contribution in [0.1, 0.15) is 44.3 Å². The number of carbonyl (C=O) groups excluding carboxylic acids is 1. The molecule has 0 saturated heterocycles. The van der Waals surface area contributed by atoms with Crippen LogP contribution in [0.15, 0.2) is 5.38 Å². The predicted octanol–water partition coefficient (Wildman–Crippen LogP) is 1.96. The Morgan fingerprint density at radius 1 is 1.42 bits per heavy atom. The van der Waals surface area contributed by atoms with Gasteiger partial charge in [-0.25, -0.2) is 4.98 Å². The number of amides is 1. The molecule has 1 amide bonds. The summed E-state index contributed by atoms with van der Waals surface area (Å²) in [5.74, 6) is -0.959. The number of hydrogen-bond acceptors (Lipinski definition) is 4. The number of rotatable bonds is 6. The summed E-state index contributed by atoms with van der Waals surface area (Å²) in [6, 6.07) is 0. The Hall–Kier alpha value is -1.43. The van der Waals surface area contributed by atoms with Crippen molar-refractivity contribution in [1.29, 1.82) is 0 Å². The highest BCUT2D eigenvalue weighted by Gasteiger charge is 2.18. The average molecular weight is 284 g/mol. The molecule has 1 aromatic rings. The third-order valence-electron chi connectivity index (χ3n) is 2.42. The van der Waals surface area contributed by atoms with Crippen molar-refractivity contribution in [3.05, 3.63) is 16.1 Å². The lowest BCUT2D eigenvalue weighted by molar-refractivity contribution is -0.137. The van der Waals surface area contributed by atoms with Crippen molar-refractivity contribution in [2.24, 2.45) is 0 Å². The molecule has 0 aliphatic carbocycles. The van der Waals surface area contributed by atoms with Crippen LogP contribution in [-0.2, 0) is 21.4 Å². The van der Waals surface area contributed by atoms with Gasteiger partial charge in [0, 0.05) is 23.8 Å². The van der Waals surface area contributed by atoms with E-state index in [0.717, 1.165) is 10.7 Å². The number of hydrogen-bond donors (Lipinski definition) is 2.